The highest BCUT2D eigenvalue weighted by molar-refractivity contribution is 7.51. The maximum Gasteiger partial charge on any atom is 0.332 e. The molecule has 1 aliphatic rings. The quantitative estimate of drug-likeness (QED) is 0.371. The van der Waals surface area contributed by atoms with Crippen LogP contribution in [0, 0.1) is 0 Å². The van der Waals surface area contributed by atoms with Crippen molar-refractivity contribution >= 4 is 19.2 Å². The second-order valence-corrected chi connectivity index (χ2v) is 6.84. The fourth-order valence-electron chi connectivity index (χ4n) is 1.80. The van der Waals surface area contributed by atoms with Gasteiger partial charge in [0.2, 0.25) is 5.12 Å². The lowest BCUT2D eigenvalue weighted by Crippen LogP contribution is -2.55. The average molecular weight is 323 g/mol. The molecule has 11 heteroatoms. The van der Waals surface area contributed by atoms with Gasteiger partial charge in [-0.15, -0.1) is 0 Å². The van der Waals surface area contributed by atoms with Gasteiger partial charge in [-0.25, -0.2) is 14.8 Å². The van der Waals surface area contributed by atoms with Crippen molar-refractivity contribution < 1.29 is 14.4 Å². The molecule has 2 rings (SSSR count). The molecule has 1 atom stereocenters. The van der Waals surface area contributed by atoms with Gasteiger partial charge in [-0.3, -0.25) is 18.5 Å². The van der Waals surface area contributed by atoms with E-state index < -0.39 is 30.1 Å². The number of fused-ring (bicyclic) bond motifs is 1. The molecule has 110 valence electrons. The number of hydrogen-bond acceptors (Lipinski definition) is 5. The van der Waals surface area contributed by atoms with E-state index >= 15 is 0 Å². The van der Waals surface area contributed by atoms with Gasteiger partial charge in [0.1, 0.15) is 0 Å². The van der Waals surface area contributed by atoms with Crippen molar-refractivity contribution in [3.8, 4) is 0 Å². The normalized spacial score (nSPS) is 21.2. The number of nitrogens with zero attached hydrogens (tertiary/aromatic N) is 4. The predicted molar refractivity (Wildman–Crippen MR) is 69.3 cm³/mol. The van der Waals surface area contributed by atoms with Crippen molar-refractivity contribution in [3.63, 3.8) is 0 Å². The van der Waals surface area contributed by atoms with E-state index in [0.717, 1.165) is 9.13 Å². The summed E-state index contributed by atoms with van der Waals surface area (Å²) in [6.45, 7) is 0. The fourth-order valence-corrected chi connectivity index (χ4v) is 2.79. The molecule has 0 aliphatic carbocycles. The molecule has 0 fully saturated rings. The molecule has 0 amide bonds. The fraction of sp³-hybridized carbons (Fsp3) is 0.556. The van der Waals surface area contributed by atoms with Crippen LogP contribution in [0.25, 0.3) is 0 Å². The minimum absolute atomic E-state index is 0.0128. The van der Waals surface area contributed by atoms with E-state index in [1.165, 1.54) is 14.1 Å². The summed E-state index contributed by atoms with van der Waals surface area (Å²) in [7, 11) is -1.55. The van der Waals surface area contributed by atoms with Gasteiger partial charge in [0.25, 0.3) is 5.56 Å². The molecule has 1 aromatic rings. The van der Waals surface area contributed by atoms with Gasteiger partial charge in [0.05, 0.1) is 6.16 Å². The molecule has 20 heavy (non-hydrogen) atoms. The summed E-state index contributed by atoms with van der Waals surface area (Å²) in [5.74, 6) is 0. The summed E-state index contributed by atoms with van der Waals surface area (Å²) in [6, 6.07) is 0. The van der Waals surface area contributed by atoms with Crippen LogP contribution in [0.5, 0.6) is 0 Å². The summed E-state index contributed by atoms with van der Waals surface area (Å²) >= 11 is 6.05. The van der Waals surface area contributed by atoms with Crippen LogP contribution in [0.3, 0.4) is 0 Å². The van der Waals surface area contributed by atoms with Crippen molar-refractivity contribution in [2.45, 2.75) is 11.5 Å². The second-order valence-electron chi connectivity index (χ2n) is 4.46. The van der Waals surface area contributed by atoms with E-state index in [4.69, 9.17) is 21.4 Å². The standard InChI is InChI=1S/C9H12ClN4O5P/c1-13-6-5(7(15)14(2)8(13)16)11-9(10,12-6)3-4-20(17,18)19/h3-4H2,1-2H3,(H2,17,18,19). The highest BCUT2D eigenvalue weighted by Gasteiger charge is 2.33. The molecule has 0 saturated carbocycles. The zero-order chi connectivity index (χ0) is 15.3. The Balaban J connectivity index is 2.61. The largest absolute Gasteiger partial charge is 0.332 e. The molecule has 0 saturated heterocycles. The lowest BCUT2D eigenvalue weighted by atomic mass is 10.4. The van der Waals surface area contributed by atoms with Crippen molar-refractivity contribution in [2.24, 2.45) is 24.1 Å². The zero-order valence-electron chi connectivity index (χ0n) is 10.6. The highest BCUT2D eigenvalue weighted by Crippen LogP contribution is 2.39. The zero-order valence-corrected chi connectivity index (χ0v) is 12.3. The Morgan fingerprint density at radius 2 is 1.85 bits per heavy atom. The van der Waals surface area contributed by atoms with Gasteiger partial charge in [-0.05, 0) is 0 Å². The third-order valence-corrected chi connectivity index (χ3v) is 4.06. The third kappa shape index (κ3) is 2.62. The van der Waals surface area contributed by atoms with E-state index in [0.29, 0.717) is 0 Å². The molecule has 9 nitrogen and oxygen atoms in total. The average Bonchev–Trinajstić information content (AvgIpc) is 2.70. The van der Waals surface area contributed by atoms with Gasteiger partial charge in [0, 0.05) is 20.5 Å². The van der Waals surface area contributed by atoms with E-state index in [9.17, 15) is 14.2 Å². The molecular formula is C9H12ClN4O5P. The number of hydrogen-bond donors (Lipinski definition) is 2. The van der Waals surface area contributed by atoms with Crippen LogP contribution in [0.2, 0.25) is 0 Å². The summed E-state index contributed by atoms with van der Waals surface area (Å²) in [6.07, 6.45) is -0.767. The minimum atomic E-state index is -4.26. The first kappa shape index (κ1) is 15.1. The molecule has 1 aliphatic heterocycles. The first-order chi connectivity index (χ1) is 9.04. The number of alkyl halides is 1. The summed E-state index contributed by atoms with van der Waals surface area (Å²) in [5, 5.41) is -1.75. The van der Waals surface area contributed by atoms with Gasteiger partial charge < -0.3 is 9.79 Å². The van der Waals surface area contributed by atoms with E-state index in [1.807, 2.05) is 0 Å². The SMILES string of the molecule is Cn1c(=O)c2c(n(C)c1=O)=NC(Cl)(CCP(=O)(O)O)N=2. The van der Waals surface area contributed by atoms with Crippen LogP contribution in [0.15, 0.2) is 19.6 Å². The van der Waals surface area contributed by atoms with Crippen LogP contribution in [-0.2, 0) is 18.7 Å². The first-order valence-electron chi connectivity index (χ1n) is 5.53. The Morgan fingerprint density at radius 1 is 1.25 bits per heavy atom. The highest BCUT2D eigenvalue weighted by atomic mass is 35.5. The maximum atomic E-state index is 11.9. The number of halogens is 1. The molecular weight excluding hydrogens is 311 g/mol. The van der Waals surface area contributed by atoms with Gasteiger partial charge >= 0.3 is 13.3 Å². The molecule has 0 spiro atoms. The summed E-state index contributed by atoms with van der Waals surface area (Å²) < 4.78 is 12.9. The Bertz CT molecular complexity index is 853. The second kappa shape index (κ2) is 4.63. The molecule has 2 heterocycles. The predicted octanol–water partition coefficient (Wildman–Crippen LogP) is -2.20. The van der Waals surface area contributed by atoms with Crippen molar-refractivity contribution in [1.29, 1.82) is 0 Å². The maximum absolute atomic E-state index is 11.9. The monoisotopic (exact) mass is 322 g/mol. The van der Waals surface area contributed by atoms with E-state index in [2.05, 4.69) is 9.98 Å². The molecule has 1 unspecified atom stereocenters. The van der Waals surface area contributed by atoms with Gasteiger partial charge in [-0.1, -0.05) is 11.6 Å². The van der Waals surface area contributed by atoms with Crippen LogP contribution >= 0.6 is 19.2 Å². The van der Waals surface area contributed by atoms with Crippen molar-refractivity contribution in [3.05, 3.63) is 31.7 Å². The Hall–Kier alpha value is -1.28. The topological polar surface area (TPSA) is 126 Å². The minimum Gasteiger partial charge on any atom is -0.324 e. The smallest absolute Gasteiger partial charge is 0.324 e. The lowest BCUT2D eigenvalue weighted by Gasteiger charge is -2.14. The number of rotatable bonds is 3. The summed E-state index contributed by atoms with van der Waals surface area (Å²) in [5.41, 5.74) is -1.21. The van der Waals surface area contributed by atoms with Crippen LogP contribution < -0.4 is 22.1 Å². The lowest BCUT2D eigenvalue weighted by molar-refractivity contribution is 0.368. The third-order valence-electron chi connectivity index (χ3n) is 2.89. The van der Waals surface area contributed by atoms with Crippen LogP contribution in [-0.4, -0.2) is 30.2 Å². The van der Waals surface area contributed by atoms with Crippen molar-refractivity contribution in [1.82, 2.24) is 9.13 Å². The summed E-state index contributed by atoms with van der Waals surface area (Å²) in [4.78, 5) is 49.2. The first-order valence-corrected chi connectivity index (χ1v) is 7.71. The van der Waals surface area contributed by atoms with Crippen molar-refractivity contribution in [2.75, 3.05) is 6.16 Å². The Kier molecular flexibility index (Phi) is 3.50. The molecule has 0 aromatic carbocycles. The molecule has 0 radical (unpaired) electrons. The molecule has 0 bridgehead atoms. The number of aromatic nitrogens is 2. The van der Waals surface area contributed by atoms with Crippen LogP contribution in [0.1, 0.15) is 6.42 Å². The van der Waals surface area contributed by atoms with Gasteiger partial charge in [0.15, 0.2) is 10.8 Å². The Labute approximate surface area is 117 Å². The van der Waals surface area contributed by atoms with Gasteiger partial charge in [-0.2, -0.15) is 0 Å². The van der Waals surface area contributed by atoms with E-state index in [-0.39, 0.29) is 17.3 Å². The molecule has 1 aromatic heterocycles. The van der Waals surface area contributed by atoms with E-state index in [1.54, 1.807) is 0 Å². The van der Waals surface area contributed by atoms with Crippen LogP contribution in [0.4, 0.5) is 0 Å². The molecule has 2 N–H and O–H groups in total. The Morgan fingerprint density at radius 3 is 2.40 bits per heavy atom.